The number of ether oxygens (including phenoxy) is 1. The quantitative estimate of drug-likeness (QED) is 0.692. The predicted molar refractivity (Wildman–Crippen MR) is 109 cm³/mol. The van der Waals surface area contributed by atoms with Crippen LogP contribution in [0.15, 0.2) is 49.1 Å². The molecule has 0 radical (unpaired) electrons. The number of likely N-dealkylation sites (tertiary alicyclic amines) is 2. The number of amides is 2. The first-order valence-corrected chi connectivity index (χ1v) is 10.7. The number of carbonyl (C=O) groups is 2. The molecule has 2 aromatic rings. The Balaban J connectivity index is 1.18. The highest BCUT2D eigenvalue weighted by atomic mass is 16.5. The van der Waals surface area contributed by atoms with Crippen LogP contribution in [-0.4, -0.2) is 67.9 Å². The number of carbonyl (C=O) groups excluding carboxylic acids is 2. The fourth-order valence-electron chi connectivity index (χ4n) is 5.39. The van der Waals surface area contributed by atoms with Crippen molar-refractivity contribution in [1.82, 2.24) is 24.8 Å². The van der Waals surface area contributed by atoms with Gasteiger partial charge in [0.2, 0.25) is 11.8 Å². The van der Waals surface area contributed by atoms with Crippen LogP contribution in [0.25, 0.3) is 0 Å². The van der Waals surface area contributed by atoms with Gasteiger partial charge >= 0.3 is 0 Å². The van der Waals surface area contributed by atoms with Crippen molar-refractivity contribution in [2.45, 2.75) is 31.1 Å². The Kier molecular flexibility index (Phi) is 4.02. The lowest BCUT2D eigenvalue weighted by molar-refractivity contribution is -0.146. The Hall–Kier alpha value is -3.13. The number of nitrogens with zero attached hydrogens (tertiary/aromatic N) is 5. The van der Waals surface area contributed by atoms with E-state index in [0.29, 0.717) is 32.1 Å². The van der Waals surface area contributed by atoms with E-state index in [0.717, 1.165) is 17.0 Å². The molecule has 0 unspecified atom stereocenters. The van der Waals surface area contributed by atoms with Crippen LogP contribution in [-0.2, 0) is 20.9 Å². The van der Waals surface area contributed by atoms with Crippen LogP contribution in [0, 0.1) is 18.8 Å². The average molecular weight is 417 g/mol. The number of aromatic nitrogens is 3. The number of pyridine rings is 1. The number of hydrogen-bond donors (Lipinski definition) is 0. The lowest BCUT2D eigenvalue weighted by Crippen LogP contribution is -2.54. The van der Waals surface area contributed by atoms with E-state index in [2.05, 4.69) is 15.0 Å². The van der Waals surface area contributed by atoms with Gasteiger partial charge in [-0.1, -0.05) is 18.2 Å². The van der Waals surface area contributed by atoms with Crippen molar-refractivity contribution in [2.24, 2.45) is 11.8 Å². The SMILES string of the molecule is Cc1cnc(CN2C[C@]34C=C[C@H](O3)[C@H](C(=O)N3CC(c5cccnc5)C3)[C@@H]4C2=O)cn1. The highest BCUT2D eigenvalue weighted by Crippen LogP contribution is 2.53. The van der Waals surface area contributed by atoms with Crippen molar-refractivity contribution in [3.8, 4) is 0 Å². The third kappa shape index (κ3) is 2.81. The first-order chi connectivity index (χ1) is 15.0. The number of fused-ring (bicyclic) bond motifs is 1. The monoisotopic (exact) mass is 417 g/mol. The Morgan fingerprint density at radius 3 is 2.87 bits per heavy atom. The molecule has 0 N–H and O–H groups in total. The van der Waals surface area contributed by atoms with E-state index in [1.54, 1.807) is 23.5 Å². The summed E-state index contributed by atoms with van der Waals surface area (Å²) in [5.41, 5.74) is 2.02. The van der Waals surface area contributed by atoms with E-state index < -0.39 is 17.4 Å². The second-order valence-corrected chi connectivity index (χ2v) is 8.97. The lowest BCUT2D eigenvalue weighted by Gasteiger charge is -2.42. The van der Waals surface area contributed by atoms with E-state index >= 15 is 0 Å². The summed E-state index contributed by atoms with van der Waals surface area (Å²) in [4.78, 5) is 43.2. The summed E-state index contributed by atoms with van der Waals surface area (Å²) in [5, 5.41) is 0. The summed E-state index contributed by atoms with van der Waals surface area (Å²) in [5.74, 6) is -0.631. The fourth-order valence-corrected chi connectivity index (χ4v) is 5.39. The zero-order valence-corrected chi connectivity index (χ0v) is 17.2. The van der Waals surface area contributed by atoms with Crippen molar-refractivity contribution < 1.29 is 14.3 Å². The predicted octanol–water partition coefficient (Wildman–Crippen LogP) is 1.09. The maximum absolute atomic E-state index is 13.4. The van der Waals surface area contributed by atoms with Gasteiger partial charge in [0.1, 0.15) is 5.60 Å². The van der Waals surface area contributed by atoms with E-state index in [-0.39, 0.29) is 17.9 Å². The van der Waals surface area contributed by atoms with Crippen LogP contribution in [0.2, 0.25) is 0 Å². The molecule has 2 bridgehead atoms. The Labute approximate surface area is 179 Å². The molecule has 158 valence electrons. The van der Waals surface area contributed by atoms with Crippen LogP contribution in [0.1, 0.15) is 22.9 Å². The van der Waals surface area contributed by atoms with E-state index in [1.807, 2.05) is 42.3 Å². The van der Waals surface area contributed by atoms with Crippen LogP contribution < -0.4 is 0 Å². The lowest BCUT2D eigenvalue weighted by atomic mass is 9.75. The Morgan fingerprint density at radius 1 is 1.26 bits per heavy atom. The second-order valence-electron chi connectivity index (χ2n) is 8.97. The molecule has 0 aliphatic carbocycles. The third-order valence-corrected chi connectivity index (χ3v) is 7.00. The maximum atomic E-state index is 13.4. The van der Waals surface area contributed by atoms with Crippen molar-refractivity contribution in [1.29, 1.82) is 0 Å². The standard InChI is InChI=1S/C23H23N5O3/c1-14-7-26-17(9-25-14)12-28-13-23-5-4-18(31-23)19(20(23)22(28)30)21(29)27-10-16(11-27)15-3-2-6-24-8-15/h2-9,16,18-20H,10-13H2,1H3/t18-,19-,20+,23-/m0/s1. The van der Waals surface area contributed by atoms with E-state index in [9.17, 15) is 9.59 Å². The number of hydrogen-bond acceptors (Lipinski definition) is 6. The molecule has 0 saturated carbocycles. The van der Waals surface area contributed by atoms with Crippen LogP contribution in [0.3, 0.4) is 0 Å². The summed E-state index contributed by atoms with van der Waals surface area (Å²) in [6.45, 7) is 4.02. The minimum atomic E-state index is -0.701. The molecule has 4 aliphatic heterocycles. The minimum absolute atomic E-state index is 0.0201. The normalized spacial score (nSPS) is 31.3. The molecule has 4 atom stereocenters. The minimum Gasteiger partial charge on any atom is -0.360 e. The smallest absolute Gasteiger partial charge is 0.230 e. The van der Waals surface area contributed by atoms with E-state index in [1.165, 1.54) is 0 Å². The van der Waals surface area contributed by atoms with E-state index in [4.69, 9.17) is 4.74 Å². The Bertz CT molecular complexity index is 1070. The van der Waals surface area contributed by atoms with Crippen molar-refractivity contribution >= 4 is 11.8 Å². The van der Waals surface area contributed by atoms with Gasteiger partial charge in [-0.15, -0.1) is 0 Å². The van der Waals surface area contributed by atoms with Crippen molar-refractivity contribution in [3.05, 3.63) is 66.0 Å². The average Bonchev–Trinajstić information content (AvgIpc) is 3.38. The molecule has 1 spiro atoms. The van der Waals surface area contributed by atoms with Crippen molar-refractivity contribution in [2.75, 3.05) is 19.6 Å². The second kappa shape index (κ2) is 6.68. The number of aryl methyl sites for hydroxylation is 1. The first kappa shape index (κ1) is 18.6. The van der Waals surface area contributed by atoms with Gasteiger partial charge in [-0.2, -0.15) is 0 Å². The maximum Gasteiger partial charge on any atom is 0.230 e. The van der Waals surface area contributed by atoms with Gasteiger partial charge in [-0.05, 0) is 18.6 Å². The van der Waals surface area contributed by atoms with Gasteiger partial charge in [-0.25, -0.2) is 0 Å². The fraction of sp³-hybridized carbons (Fsp3) is 0.435. The van der Waals surface area contributed by atoms with Gasteiger partial charge in [-0.3, -0.25) is 24.5 Å². The molecule has 2 amide bonds. The molecule has 31 heavy (non-hydrogen) atoms. The summed E-state index contributed by atoms with van der Waals surface area (Å²) >= 11 is 0. The Morgan fingerprint density at radius 2 is 2.13 bits per heavy atom. The molecule has 6 rings (SSSR count). The first-order valence-electron chi connectivity index (χ1n) is 10.7. The molecule has 3 saturated heterocycles. The molecule has 8 nitrogen and oxygen atoms in total. The molecule has 6 heterocycles. The number of rotatable bonds is 4. The van der Waals surface area contributed by atoms with Crippen molar-refractivity contribution in [3.63, 3.8) is 0 Å². The topological polar surface area (TPSA) is 88.5 Å². The molecule has 3 fully saturated rings. The van der Waals surface area contributed by atoms with Gasteiger partial charge < -0.3 is 14.5 Å². The van der Waals surface area contributed by atoms with Gasteiger partial charge in [0.25, 0.3) is 0 Å². The highest BCUT2D eigenvalue weighted by molar-refractivity contribution is 5.93. The summed E-state index contributed by atoms with van der Waals surface area (Å²) in [7, 11) is 0. The van der Waals surface area contributed by atoms with Crippen LogP contribution >= 0.6 is 0 Å². The van der Waals surface area contributed by atoms with Crippen LogP contribution in [0.5, 0.6) is 0 Å². The van der Waals surface area contributed by atoms with Gasteiger partial charge in [0.15, 0.2) is 0 Å². The highest BCUT2D eigenvalue weighted by Gasteiger charge is 2.67. The van der Waals surface area contributed by atoms with Gasteiger partial charge in [0.05, 0.1) is 48.6 Å². The third-order valence-electron chi connectivity index (χ3n) is 7.00. The summed E-state index contributed by atoms with van der Waals surface area (Å²) in [6.07, 6.45) is 10.6. The molecular formula is C23H23N5O3. The zero-order chi connectivity index (χ0) is 21.2. The van der Waals surface area contributed by atoms with Crippen LogP contribution in [0.4, 0.5) is 0 Å². The molecule has 4 aliphatic rings. The summed E-state index contributed by atoms with van der Waals surface area (Å²) in [6, 6.07) is 3.96. The zero-order valence-electron chi connectivity index (χ0n) is 17.2. The molecule has 0 aromatic carbocycles. The molecular weight excluding hydrogens is 394 g/mol. The molecule has 2 aromatic heterocycles. The van der Waals surface area contributed by atoms with Gasteiger partial charge in [0, 0.05) is 37.6 Å². The molecule has 8 heteroatoms. The largest absolute Gasteiger partial charge is 0.360 e. The summed E-state index contributed by atoms with van der Waals surface area (Å²) < 4.78 is 6.24.